The zero-order valence-corrected chi connectivity index (χ0v) is 15.2. The van der Waals surface area contributed by atoms with Gasteiger partial charge in [-0.3, -0.25) is 4.68 Å². The molecule has 0 fully saturated rings. The lowest BCUT2D eigenvalue weighted by Crippen LogP contribution is -2.32. The third-order valence-corrected chi connectivity index (χ3v) is 6.47. The molecule has 114 valence electrons. The third-order valence-electron chi connectivity index (χ3n) is 3.16. The van der Waals surface area contributed by atoms with Gasteiger partial charge >= 0.3 is 0 Å². The van der Waals surface area contributed by atoms with Crippen LogP contribution in [-0.2, 0) is 16.4 Å². The van der Waals surface area contributed by atoms with Crippen molar-refractivity contribution in [2.45, 2.75) is 32.1 Å². The Hall–Kier alpha value is -0.960. The molecule has 0 amide bonds. The number of aromatic nitrogens is 3. The molecule has 7 heteroatoms. The molecule has 2 aromatic rings. The monoisotopic (exact) mass is 419 g/mol. The maximum absolute atomic E-state index is 12.1. The van der Waals surface area contributed by atoms with Crippen LogP contribution >= 0.6 is 22.6 Å². The Morgan fingerprint density at radius 2 is 1.81 bits per heavy atom. The molecule has 5 nitrogen and oxygen atoms in total. The lowest BCUT2D eigenvalue weighted by atomic mass is 10.2. The molecule has 0 saturated carbocycles. The zero-order valence-electron chi connectivity index (χ0n) is 12.2. The number of aryl methyl sites for hydroxylation is 1. The van der Waals surface area contributed by atoms with Crippen LogP contribution in [0.5, 0.6) is 0 Å². The molecule has 1 heterocycles. The van der Waals surface area contributed by atoms with Crippen molar-refractivity contribution in [3.05, 3.63) is 34.2 Å². The van der Waals surface area contributed by atoms with Crippen molar-refractivity contribution in [1.29, 1.82) is 0 Å². The normalized spacial score (nSPS) is 12.6. The smallest absolute Gasteiger partial charge is 0.181 e. The van der Waals surface area contributed by atoms with E-state index in [2.05, 4.69) is 32.7 Å². The number of hydrogen-bond acceptors (Lipinski definition) is 4. The van der Waals surface area contributed by atoms with Crippen LogP contribution in [0.2, 0.25) is 0 Å². The van der Waals surface area contributed by atoms with Crippen LogP contribution in [-0.4, -0.2) is 33.7 Å². The van der Waals surface area contributed by atoms with E-state index in [4.69, 9.17) is 0 Å². The molecule has 0 aliphatic rings. The van der Waals surface area contributed by atoms with Gasteiger partial charge in [0.1, 0.15) is 6.33 Å². The Balaban J connectivity index is 2.09. The van der Waals surface area contributed by atoms with E-state index in [9.17, 15) is 8.42 Å². The highest BCUT2D eigenvalue weighted by Crippen LogP contribution is 2.18. The van der Waals surface area contributed by atoms with Gasteiger partial charge in [0.15, 0.2) is 15.7 Å². The molecule has 0 atom stereocenters. The highest BCUT2D eigenvalue weighted by atomic mass is 127. The van der Waals surface area contributed by atoms with Crippen molar-refractivity contribution in [3.63, 3.8) is 0 Å². The van der Waals surface area contributed by atoms with Crippen LogP contribution in [0.4, 0.5) is 0 Å². The van der Waals surface area contributed by atoms with Gasteiger partial charge in [0, 0.05) is 9.13 Å². The van der Waals surface area contributed by atoms with Crippen LogP contribution in [0.1, 0.15) is 20.8 Å². The summed E-state index contributed by atoms with van der Waals surface area (Å²) in [4.78, 5) is 4.23. The SMILES string of the molecule is CC(C)(C)S(=O)(=O)CCn1cnc(-c2ccc(I)cc2)n1. The molecule has 0 saturated heterocycles. The first-order valence-electron chi connectivity index (χ1n) is 6.57. The number of benzene rings is 1. The average Bonchev–Trinajstić information content (AvgIpc) is 2.85. The number of nitrogens with zero attached hydrogens (tertiary/aromatic N) is 3. The zero-order chi connectivity index (χ0) is 15.7. The molecule has 0 unspecified atom stereocenters. The number of halogens is 1. The fourth-order valence-electron chi connectivity index (χ4n) is 1.65. The van der Waals surface area contributed by atoms with E-state index >= 15 is 0 Å². The van der Waals surface area contributed by atoms with E-state index in [0.717, 1.165) is 9.13 Å². The Kier molecular flexibility index (Phi) is 4.72. The van der Waals surface area contributed by atoms with Crippen molar-refractivity contribution >= 4 is 32.4 Å². The molecule has 0 aliphatic heterocycles. The molecule has 21 heavy (non-hydrogen) atoms. The van der Waals surface area contributed by atoms with Gasteiger partial charge < -0.3 is 0 Å². The molecule has 0 radical (unpaired) electrons. The molecular formula is C14H18IN3O2S. The molecule has 2 rings (SSSR count). The molecular weight excluding hydrogens is 401 g/mol. The summed E-state index contributed by atoms with van der Waals surface area (Å²) in [6.07, 6.45) is 1.57. The minimum absolute atomic E-state index is 0.0615. The Morgan fingerprint density at radius 3 is 2.38 bits per heavy atom. The van der Waals surface area contributed by atoms with E-state index in [1.807, 2.05) is 24.3 Å². The maximum Gasteiger partial charge on any atom is 0.181 e. The molecule has 0 bridgehead atoms. The van der Waals surface area contributed by atoms with Crippen LogP contribution in [0, 0.1) is 3.57 Å². The summed E-state index contributed by atoms with van der Waals surface area (Å²) >= 11 is 2.24. The van der Waals surface area contributed by atoms with Gasteiger partial charge in [0.2, 0.25) is 0 Å². The molecule has 0 N–H and O–H groups in total. The first kappa shape index (κ1) is 16.4. The molecule has 1 aromatic heterocycles. The van der Waals surface area contributed by atoms with E-state index < -0.39 is 14.6 Å². The first-order chi connectivity index (χ1) is 9.69. The topological polar surface area (TPSA) is 64.8 Å². The number of sulfone groups is 1. The van der Waals surface area contributed by atoms with Crippen LogP contribution < -0.4 is 0 Å². The Bertz CT molecular complexity index is 715. The summed E-state index contributed by atoms with van der Waals surface area (Å²) in [5, 5.41) is 4.33. The van der Waals surface area contributed by atoms with Gasteiger partial charge in [0.05, 0.1) is 17.0 Å². The minimum atomic E-state index is -3.15. The average molecular weight is 419 g/mol. The Morgan fingerprint density at radius 1 is 1.19 bits per heavy atom. The standard InChI is InChI=1S/C14H18IN3O2S/c1-14(2,3)21(19,20)9-8-18-10-16-13(17-18)11-4-6-12(15)7-5-11/h4-7,10H,8-9H2,1-3H3. The van der Waals surface area contributed by atoms with Gasteiger partial charge in [-0.1, -0.05) is 12.1 Å². The van der Waals surface area contributed by atoms with E-state index in [0.29, 0.717) is 12.4 Å². The van der Waals surface area contributed by atoms with Crippen LogP contribution in [0.25, 0.3) is 11.4 Å². The number of rotatable bonds is 4. The lowest BCUT2D eigenvalue weighted by molar-refractivity contribution is 0.548. The van der Waals surface area contributed by atoms with E-state index in [1.165, 1.54) is 0 Å². The third kappa shape index (κ3) is 4.03. The van der Waals surface area contributed by atoms with Crippen molar-refractivity contribution in [1.82, 2.24) is 14.8 Å². The summed E-state index contributed by atoms with van der Waals surface area (Å²) in [7, 11) is -3.15. The lowest BCUT2D eigenvalue weighted by Gasteiger charge is -2.18. The summed E-state index contributed by atoms with van der Waals surface area (Å²) in [6.45, 7) is 5.44. The van der Waals surface area contributed by atoms with Crippen molar-refractivity contribution in [2.24, 2.45) is 0 Å². The molecule has 0 spiro atoms. The van der Waals surface area contributed by atoms with Gasteiger partial charge in [-0.15, -0.1) is 0 Å². The van der Waals surface area contributed by atoms with Crippen LogP contribution in [0.3, 0.4) is 0 Å². The summed E-state index contributed by atoms with van der Waals surface area (Å²) in [5.41, 5.74) is 0.924. The van der Waals surface area contributed by atoms with Gasteiger partial charge in [0.25, 0.3) is 0 Å². The van der Waals surface area contributed by atoms with Crippen LogP contribution in [0.15, 0.2) is 30.6 Å². The second-order valence-corrected chi connectivity index (χ2v) is 9.88. The largest absolute Gasteiger partial charge is 0.251 e. The second-order valence-electron chi connectivity index (χ2n) is 5.77. The second kappa shape index (κ2) is 6.04. The van der Waals surface area contributed by atoms with Crippen molar-refractivity contribution < 1.29 is 8.42 Å². The highest BCUT2D eigenvalue weighted by Gasteiger charge is 2.28. The van der Waals surface area contributed by atoms with Gasteiger partial charge in [-0.2, -0.15) is 5.10 Å². The van der Waals surface area contributed by atoms with Crippen molar-refractivity contribution in [3.8, 4) is 11.4 Å². The minimum Gasteiger partial charge on any atom is -0.251 e. The predicted octanol–water partition coefficient (Wildman–Crippen LogP) is 2.76. The number of hydrogen-bond donors (Lipinski definition) is 0. The van der Waals surface area contributed by atoms with E-state index in [-0.39, 0.29) is 5.75 Å². The predicted molar refractivity (Wildman–Crippen MR) is 91.7 cm³/mol. The fraction of sp³-hybridized carbons (Fsp3) is 0.429. The molecule has 1 aromatic carbocycles. The Labute approximate surface area is 138 Å². The summed E-state index contributed by atoms with van der Waals surface area (Å²) in [6, 6.07) is 7.88. The highest BCUT2D eigenvalue weighted by molar-refractivity contribution is 14.1. The molecule has 0 aliphatic carbocycles. The van der Waals surface area contributed by atoms with E-state index in [1.54, 1.807) is 31.8 Å². The maximum atomic E-state index is 12.1. The summed E-state index contributed by atoms with van der Waals surface area (Å²) in [5.74, 6) is 0.672. The first-order valence-corrected chi connectivity index (χ1v) is 9.30. The van der Waals surface area contributed by atoms with Gasteiger partial charge in [-0.25, -0.2) is 13.4 Å². The van der Waals surface area contributed by atoms with Crippen molar-refractivity contribution in [2.75, 3.05) is 5.75 Å². The van der Waals surface area contributed by atoms with Gasteiger partial charge in [-0.05, 0) is 55.5 Å². The quantitative estimate of drug-likeness (QED) is 0.715. The fourth-order valence-corrected chi connectivity index (χ4v) is 3.05. The summed E-state index contributed by atoms with van der Waals surface area (Å²) < 4.78 is 26.1.